The molecule has 0 bridgehead atoms. The standard InChI is InChI=1S/C14H27N3O4/c1-2-3-7-19-9-11-21-12-10-20-8-5-17-13-14(4-6-18)15-16-17/h13,18H,2-12H2,1H3. The molecule has 21 heavy (non-hydrogen) atoms. The summed E-state index contributed by atoms with van der Waals surface area (Å²) in [5.41, 5.74) is 0.795. The van der Waals surface area contributed by atoms with Crippen LogP contribution in [0.15, 0.2) is 6.20 Å². The number of aliphatic hydroxyl groups is 1. The second-order valence-electron chi connectivity index (χ2n) is 4.64. The fraction of sp³-hybridized carbons (Fsp3) is 0.857. The van der Waals surface area contributed by atoms with Gasteiger partial charge in [-0.15, -0.1) is 5.10 Å². The molecular formula is C14H27N3O4. The average molecular weight is 301 g/mol. The summed E-state index contributed by atoms with van der Waals surface area (Å²) < 4.78 is 17.9. The lowest BCUT2D eigenvalue weighted by molar-refractivity contribution is 0.0123. The monoisotopic (exact) mass is 301 g/mol. The summed E-state index contributed by atoms with van der Waals surface area (Å²) in [6.07, 6.45) is 4.62. The third kappa shape index (κ3) is 9.52. The van der Waals surface area contributed by atoms with E-state index >= 15 is 0 Å². The van der Waals surface area contributed by atoms with E-state index < -0.39 is 0 Å². The number of ether oxygens (including phenoxy) is 3. The molecule has 0 unspecified atom stereocenters. The van der Waals surface area contributed by atoms with Crippen LogP contribution >= 0.6 is 0 Å². The first-order chi connectivity index (χ1) is 10.4. The smallest absolute Gasteiger partial charge is 0.0849 e. The molecule has 0 saturated heterocycles. The van der Waals surface area contributed by atoms with Crippen molar-refractivity contribution >= 4 is 0 Å². The first-order valence-corrected chi connectivity index (χ1v) is 7.60. The van der Waals surface area contributed by atoms with Crippen molar-refractivity contribution in [3.8, 4) is 0 Å². The van der Waals surface area contributed by atoms with Gasteiger partial charge in [-0.25, -0.2) is 4.68 Å². The number of hydrogen-bond acceptors (Lipinski definition) is 6. The predicted octanol–water partition coefficient (Wildman–Crippen LogP) is 0.663. The first kappa shape index (κ1) is 18.0. The number of unbranched alkanes of at least 4 members (excludes halogenated alkanes) is 1. The molecule has 0 aliphatic heterocycles. The van der Waals surface area contributed by atoms with Gasteiger partial charge in [-0.1, -0.05) is 18.6 Å². The molecule has 0 radical (unpaired) electrons. The van der Waals surface area contributed by atoms with Crippen LogP contribution < -0.4 is 0 Å². The van der Waals surface area contributed by atoms with Crippen molar-refractivity contribution in [2.75, 3.05) is 46.2 Å². The summed E-state index contributed by atoms with van der Waals surface area (Å²) in [4.78, 5) is 0. The molecule has 7 nitrogen and oxygen atoms in total. The number of nitrogens with zero attached hydrogens (tertiary/aromatic N) is 3. The van der Waals surface area contributed by atoms with E-state index in [1.807, 2.05) is 6.20 Å². The Labute approximate surface area is 126 Å². The van der Waals surface area contributed by atoms with E-state index in [9.17, 15) is 0 Å². The minimum Gasteiger partial charge on any atom is -0.396 e. The van der Waals surface area contributed by atoms with Crippen molar-refractivity contribution in [2.45, 2.75) is 32.7 Å². The molecule has 122 valence electrons. The topological polar surface area (TPSA) is 78.6 Å². The Kier molecular flexibility index (Phi) is 10.9. The molecule has 1 rings (SSSR count). The van der Waals surface area contributed by atoms with Gasteiger partial charge in [-0.2, -0.15) is 0 Å². The van der Waals surface area contributed by atoms with E-state index in [2.05, 4.69) is 17.2 Å². The Hall–Kier alpha value is -1.02. The SMILES string of the molecule is CCCCOCCOCCOCCn1cc(CCO)nn1. The molecule has 0 aliphatic rings. The van der Waals surface area contributed by atoms with E-state index in [4.69, 9.17) is 19.3 Å². The highest BCUT2D eigenvalue weighted by atomic mass is 16.5. The van der Waals surface area contributed by atoms with E-state index in [0.717, 1.165) is 25.1 Å². The van der Waals surface area contributed by atoms with Gasteiger partial charge >= 0.3 is 0 Å². The second-order valence-corrected chi connectivity index (χ2v) is 4.64. The quantitative estimate of drug-likeness (QED) is 0.509. The van der Waals surface area contributed by atoms with Crippen LogP contribution in [0, 0.1) is 0 Å². The van der Waals surface area contributed by atoms with Crippen molar-refractivity contribution in [1.29, 1.82) is 0 Å². The van der Waals surface area contributed by atoms with Gasteiger partial charge in [0.05, 0.1) is 45.3 Å². The molecular weight excluding hydrogens is 274 g/mol. The molecule has 0 spiro atoms. The molecule has 0 fully saturated rings. The van der Waals surface area contributed by atoms with Crippen molar-refractivity contribution < 1.29 is 19.3 Å². The molecule has 0 amide bonds. The fourth-order valence-electron chi connectivity index (χ4n) is 1.62. The zero-order valence-corrected chi connectivity index (χ0v) is 12.9. The molecule has 1 aromatic heterocycles. The van der Waals surface area contributed by atoms with E-state index in [0.29, 0.717) is 46.0 Å². The van der Waals surface area contributed by atoms with Crippen LogP contribution in [0.1, 0.15) is 25.5 Å². The summed E-state index contributed by atoms with van der Waals surface area (Å²) in [5, 5.41) is 16.7. The van der Waals surface area contributed by atoms with Gasteiger partial charge in [0.2, 0.25) is 0 Å². The van der Waals surface area contributed by atoms with Crippen molar-refractivity contribution in [2.24, 2.45) is 0 Å². The van der Waals surface area contributed by atoms with Gasteiger partial charge in [0.25, 0.3) is 0 Å². The number of hydrogen-bond donors (Lipinski definition) is 1. The van der Waals surface area contributed by atoms with Crippen LogP contribution in [0.5, 0.6) is 0 Å². The summed E-state index contributed by atoms with van der Waals surface area (Å²) >= 11 is 0. The van der Waals surface area contributed by atoms with Crippen molar-refractivity contribution in [1.82, 2.24) is 15.0 Å². The lowest BCUT2D eigenvalue weighted by atomic mass is 10.3. The Morgan fingerprint density at radius 1 is 1.05 bits per heavy atom. The third-order valence-electron chi connectivity index (χ3n) is 2.81. The molecule has 0 aliphatic carbocycles. The third-order valence-corrected chi connectivity index (χ3v) is 2.81. The zero-order chi connectivity index (χ0) is 15.2. The molecule has 1 aromatic rings. The normalized spacial score (nSPS) is 11.1. The van der Waals surface area contributed by atoms with Gasteiger partial charge in [-0.05, 0) is 6.42 Å². The lowest BCUT2D eigenvalue weighted by Gasteiger charge is -2.06. The highest BCUT2D eigenvalue weighted by molar-refractivity contribution is 4.91. The van der Waals surface area contributed by atoms with Gasteiger partial charge in [0.1, 0.15) is 0 Å². The average Bonchev–Trinajstić information content (AvgIpc) is 2.93. The largest absolute Gasteiger partial charge is 0.396 e. The van der Waals surface area contributed by atoms with Gasteiger partial charge in [-0.3, -0.25) is 0 Å². The van der Waals surface area contributed by atoms with E-state index in [1.54, 1.807) is 4.68 Å². The lowest BCUT2D eigenvalue weighted by Crippen LogP contribution is -2.12. The maximum Gasteiger partial charge on any atom is 0.0849 e. The van der Waals surface area contributed by atoms with Crippen LogP contribution in [0.3, 0.4) is 0 Å². The molecule has 0 aromatic carbocycles. The van der Waals surface area contributed by atoms with Crippen LogP contribution in [0.2, 0.25) is 0 Å². The second kappa shape index (κ2) is 12.7. The Morgan fingerprint density at radius 2 is 1.71 bits per heavy atom. The number of aliphatic hydroxyl groups excluding tert-OH is 1. The van der Waals surface area contributed by atoms with Gasteiger partial charge < -0.3 is 19.3 Å². The van der Waals surface area contributed by atoms with Crippen LogP contribution in [-0.2, 0) is 27.2 Å². The summed E-state index contributed by atoms with van der Waals surface area (Å²) in [5.74, 6) is 0. The predicted molar refractivity (Wildman–Crippen MR) is 78.2 cm³/mol. The van der Waals surface area contributed by atoms with Crippen molar-refractivity contribution in [3.05, 3.63) is 11.9 Å². The Morgan fingerprint density at radius 3 is 2.38 bits per heavy atom. The van der Waals surface area contributed by atoms with Crippen molar-refractivity contribution in [3.63, 3.8) is 0 Å². The van der Waals surface area contributed by atoms with Crippen LogP contribution in [-0.4, -0.2) is 66.3 Å². The van der Waals surface area contributed by atoms with Crippen LogP contribution in [0.25, 0.3) is 0 Å². The number of aromatic nitrogens is 3. The maximum absolute atomic E-state index is 8.78. The molecule has 1 heterocycles. The summed E-state index contributed by atoms with van der Waals surface area (Å²) in [6.45, 7) is 6.66. The molecule has 7 heteroatoms. The van der Waals surface area contributed by atoms with Gasteiger partial charge in [0, 0.05) is 25.8 Å². The van der Waals surface area contributed by atoms with Gasteiger partial charge in [0.15, 0.2) is 0 Å². The zero-order valence-electron chi connectivity index (χ0n) is 12.9. The maximum atomic E-state index is 8.78. The van der Waals surface area contributed by atoms with E-state index in [-0.39, 0.29) is 6.61 Å². The highest BCUT2D eigenvalue weighted by Gasteiger charge is 1.99. The molecule has 0 atom stereocenters. The van der Waals surface area contributed by atoms with E-state index in [1.165, 1.54) is 0 Å². The summed E-state index contributed by atoms with van der Waals surface area (Å²) in [7, 11) is 0. The number of rotatable bonds is 14. The molecule has 0 saturated carbocycles. The van der Waals surface area contributed by atoms with Crippen LogP contribution in [0.4, 0.5) is 0 Å². The minimum atomic E-state index is 0.0920. The molecule has 1 N–H and O–H groups in total. The highest BCUT2D eigenvalue weighted by Crippen LogP contribution is 1.94. The minimum absolute atomic E-state index is 0.0920. The summed E-state index contributed by atoms with van der Waals surface area (Å²) in [6, 6.07) is 0. The fourth-order valence-corrected chi connectivity index (χ4v) is 1.62. The Bertz CT molecular complexity index is 347. The Balaban J connectivity index is 1.86. The first-order valence-electron chi connectivity index (χ1n) is 7.60.